The van der Waals surface area contributed by atoms with Crippen LogP contribution in [-0.4, -0.2) is 52.3 Å². The van der Waals surface area contributed by atoms with Crippen LogP contribution in [0.1, 0.15) is 32.1 Å². The van der Waals surface area contributed by atoms with Crippen LogP contribution in [0.2, 0.25) is 0 Å². The molecule has 3 aliphatic rings. The molecule has 4 rings (SSSR count). The standard InChI is InChI=1S/C17H25N5O2/c1-20-11-14(8-18-20)22-7-6-15(16(22)23)19-17(24)21(9-12-2-3-12)10-13-4-5-13/h8,11-13,15H,2-7,9-10H2,1H3,(H,19,24)/t15-/m1/s1. The fourth-order valence-corrected chi connectivity index (χ4v) is 3.32. The molecular formula is C17H25N5O2. The van der Waals surface area contributed by atoms with Crippen LogP contribution in [-0.2, 0) is 11.8 Å². The maximum atomic E-state index is 12.6. The Morgan fingerprint density at radius 3 is 2.46 bits per heavy atom. The van der Waals surface area contributed by atoms with E-state index in [1.807, 2.05) is 18.1 Å². The van der Waals surface area contributed by atoms with Crippen molar-refractivity contribution in [2.24, 2.45) is 18.9 Å². The Kier molecular flexibility index (Phi) is 3.94. The van der Waals surface area contributed by atoms with E-state index in [0.717, 1.165) is 18.8 Å². The van der Waals surface area contributed by atoms with E-state index >= 15 is 0 Å². The normalized spacial score (nSPS) is 23.6. The van der Waals surface area contributed by atoms with E-state index in [1.54, 1.807) is 15.8 Å². The molecule has 0 aromatic carbocycles. The van der Waals surface area contributed by atoms with E-state index < -0.39 is 6.04 Å². The highest BCUT2D eigenvalue weighted by atomic mass is 16.2. The Morgan fingerprint density at radius 2 is 1.92 bits per heavy atom. The first-order valence-electron chi connectivity index (χ1n) is 8.95. The number of nitrogens with zero attached hydrogens (tertiary/aromatic N) is 4. The predicted molar refractivity (Wildman–Crippen MR) is 89.5 cm³/mol. The van der Waals surface area contributed by atoms with Crippen molar-refractivity contribution in [3.8, 4) is 0 Å². The Labute approximate surface area is 142 Å². The highest BCUT2D eigenvalue weighted by Gasteiger charge is 2.37. The highest BCUT2D eigenvalue weighted by Crippen LogP contribution is 2.33. The molecule has 7 nitrogen and oxygen atoms in total. The third kappa shape index (κ3) is 3.39. The van der Waals surface area contributed by atoms with Gasteiger partial charge in [-0.3, -0.25) is 9.48 Å². The summed E-state index contributed by atoms with van der Waals surface area (Å²) in [7, 11) is 1.83. The number of aryl methyl sites for hydroxylation is 1. The van der Waals surface area contributed by atoms with Gasteiger partial charge >= 0.3 is 6.03 Å². The summed E-state index contributed by atoms with van der Waals surface area (Å²) in [5.41, 5.74) is 0.798. The van der Waals surface area contributed by atoms with Crippen LogP contribution in [0.4, 0.5) is 10.5 Å². The molecule has 130 valence electrons. The lowest BCUT2D eigenvalue weighted by molar-refractivity contribution is -0.118. The molecule has 0 bridgehead atoms. The number of urea groups is 1. The van der Waals surface area contributed by atoms with Crippen LogP contribution in [0.25, 0.3) is 0 Å². The molecule has 3 fully saturated rings. The van der Waals surface area contributed by atoms with Crippen LogP contribution in [0.15, 0.2) is 12.4 Å². The van der Waals surface area contributed by atoms with Crippen molar-refractivity contribution >= 4 is 17.6 Å². The number of aromatic nitrogens is 2. The van der Waals surface area contributed by atoms with Gasteiger partial charge in [0.1, 0.15) is 6.04 Å². The van der Waals surface area contributed by atoms with Gasteiger partial charge in [0.2, 0.25) is 5.91 Å². The van der Waals surface area contributed by atoms with Gasteiger partial charge in [-0.2, -0.15) is 5.10 Å². The molecular weight excluding hydrogens is 306 g/mol. The van der Waals surface area contributed by atoms with Gasteiger partial charge < -0.3 is 15.1 Å². The summed E-state index contributed by atoms with van der Waals surface area (Å²) in [6.07, 6.45) is 9.08. The minimum Gasteiger partial charge on any atom is -0.326 e. The minimum absolute atomic E-state index is 0.0332. The van der Waals surface area contributed by atoms with Crippen molar-refractivity contribution in [3.63, 3.8) is 0 Å². The van der Waals surface area contributed by atoms with Crippen molar-refractivity contribution in [3.05, 3.63) is 12.4 Å². The zero-order valence-electron chi connectivity index (χ0n) is 14.1. The first-order valence-corrected chi connectivity index (χ1v) is 8.95. The summed E-state index contributed by atoms with van der Waals surface area (Å²) in [5.74, 6) is 1.30. The molecule has 1 aromatic heterocycles. The van der Waals surface area contributed by atoms with E-state index in [0.29, 0.717) is 24.8 Å². The van der Waals surface area contributed by atoms with Gasteiger partial charge in [-0.05, 0) is 43.9 Å². The molecule has 3 amide bonds. The quantitative estimate of drug-likeness (QED) is 0.855. The highest BCUT2D eigenvalue weighted by molar-refractivity contribution is 6.01. The lowest BCUT2D eigenvalue weighted by Gasteiger charge is -2.25. The second-order valence-electron chi connectivity index (χ2n) is 7.44. The summed E-state index contributed by atoms with van der Waals surface area (Å²) in [6.45, 7) is 2.31. The van der Waals surface area contributed by atoms with Gasteiger partial charge in [0.25, 0.3) is 0 Å². The van der Waals surface area contributed by atoms with Crippen molar-refractivity contribution in [1.82, 2.24) is 20.0 Å². The lowest BCUT2D eigenvalue weighted by Crippen LogP contribution is -2.49. The second kappa shape index (κ2) is 6.11. The van der Waals surface area contributed by atoms with E-state index in [-0.39, 0.29) is 11.9 Å². The number of nitrogens with one attached hydrogen (secondary N) is 1. The van der Waals surface area contributed by atoms with Crippen LogP contribution in [0.3, 0.4) is 0 Å². The van der Waals surface area contributed by atoms with Gasteiger partial charge in [-0.15, -0.1) is 0 Å². The smallest absolute Gasteiger partial charge is 0.318 e. The topological polar surface area (TPSA) is 70.5 Å². The Balaban J connectivity index is 1.36. The number of rotatable bonds is 6. The molecule has 7 heteroatoms. The first kappa shape index (κ1) is 15.5. The third-order valence-corrected chi connectivity index (χ3v) is 5.14. The summed E-state index contributed by atoms with van der Waals surface area (Å²) < 4.78 is 1.68. The zero-order valence-corrected chi connectivity index (χ0v) is 14.1. The van der Waals surface area contributed by atoms with Crippen LogP contribution in [0, 0.1) is 11.8 Å². The molecule has 1 atom stereocenters. The second-order valence-corrected chi connectivity index (χ2v) is 7.44. The fourth-order valence-electron chi connectivity index (χ4n) is 3.32. The number of anilines is 1. The molecule has 1 aromatic rings. The Morgan fingerprint density at radius 1 is 1.25 bits per heavy atom. The van der Waals surface area contributed by atoms with E-state index in [1.165, 1.54) is 25.7 Å². The van der Waals surface area contributed by atoms with Crippen LogP contribution in [0.5, 0.6) is 0 Å². The number of carbonyl (C=O) groups is 2. The zero-order chi connectivity index (χ0) is 16.7. The van der Waals surface area contributed by atoms with Gasteiger partial charge in [-0.1, -0.05) is 0 Å². The van der Waals surface area contributed by atoms with Crippen molar-refractivity contribution < 1.29 is 9.59 Å². The summed E-state index contributed by atoms with van der Waals surface area (Å²) >= 11 is 0. The Bertz CT molecular complexity index is 621. The van der Waals surface area contributed by atoms with Gasteiger partial charge in [0.15, 0.2) is 0 Å². The number of amides is 3. The maximum absolute atomic E-state index is 12.6. The predicted octanol–water partition coefficient (Wildman–Crippen LogP) is 1.36. The summed E-state index contributed by atoms with van der Waals surface area (Å²) in [6, 6.07) is -0.487. The minimum atomic E-state index is -0.418. The van der Waals surface area contributed by atoms with E-state index in [9.17, 15) is 9.59 Å². The number of carbonyl (C=O) groups excluding carboxylic acids is 2. The lowest BCUT2D eigenvalue weighted by atomic mass is 10.2. The molecule has 24 heavy (non-hydrogen) atoms. The molecule has 1 aliphatic heterocycles. The number of hydrogen-bond acceptors (Lipinski definition) is 3. The summed E-state index contributed by atoms with van der Waals surface area (Å²) in [4.78, 5) is 28.9. The molecule has 2 saturated carbocycles. The van der Waals surface area contributed by atoms with Gasteiger partial charge in [0, 0.05) is 32.9 Å². The molecule has 0 radical (unpaired) electrons. The van der Waals surface area contributed by atoms with Crippen molar-refractivity contribution in [1.29, 1.82) is 0 Å². The monoisotopic (exact) mass is 331 g/mol. The summed E-state index contributed by atoms with van der Waals surface area (Å²) in [5, 5.41) is 7.09. The van der Waals surface area contributed by atoms with E-state index in [4.69, 9.17) is 0 Å². The van der Waals surface area contributed by atoms with Crippen molar-refractivity contribution in [2.45, 2.75) is 38.1 Å². The van der Waals surface area contributed by atoms with Crippen molar-refractivity contribution in [2.75, 3.05) is 24.5 Å². The first-order chi connectivity index (χ1) is 11.6. The average Bonchev–Trinajstić information content (AvgIpc) is 3.47. The maximum Gasteiger partial charge on any atom is 0.318 e. The third-order valence-electron chi connectivity index (χ3n) is 5.14. The molecule has 1 N–H and O–H groups in total. The fraction of sp³-hybridized carbons (Fsp3) is 0.706. The largest absolute Gasteiger partial charge is 0.326 e. The van der Waals surface area contributed by atoms with Crippen LogP contribution < -0.4 is 10.2 Å². The van der Waals surface area contributed by atoms with Gasteiger partial charge in [0.05, 0.1) is 11.9 Å². The molecule has 2 heterocycles. The van der Waals surface area contributed by atoms with Gasteiger partial charge in [-0.25, -0.2) is 4.79 Å². The molecule has 1 saturated heterocycles. The van der Waals surface area contributed by atoms with Crippen LogP contribution >= 0.6 is 0 Å². The molecule has 0 unspecified atom stereocenters. The van der Waals surface area contributed by atoms with E-state index in [2.05, 4.69) is 10.4 Å². The average molecular weight is 331 g/mol. The Hall–Kier alpha value is -2.05. The molecule has 2 aliphatic carbocycles. The SMILES string of the molecule is Cn1cc(N2CC[C@@H](NC(=O)N(CC3CC3)CC3CC3)C2=O)cn1. The molecule has 0 spiro atoms. The number of hydrogen-bond donors (Lipinski definition) is 1.